The van der Waals surface area contributed by atoms with E-state index in [2.05, 4.69) is 35.0 Å². The van der Waals surface area contributed by atoms with Gasteiger partial charge in [0.25, 0.3) is 0 Å². The molecule has 0 aliphatic heterocycles. The van der Waals surface area contributed by atoms with E-state index < -0.39 is 16.0 Å². The van der Waals surface area contributed by atoms with Gasteiger partial charge >= 0.3 is 5.97 Å². The predicted molar refractivity (Wildman–Crippen MR) is 105 cm³/mol. The molecular weight excluding hydrogens is 404 g/mol. The van der Waals surface area contributed by atoms with Gasteiger partial charge in [0.15, 0.2) is 5.13 Å². The van der Waals surface area contributed by atoms with Crippen molar-refractivity contribution in [2.45, 2.75) is 4.90 Å². The van der Waals surface area contributed by atoms with Crippen LogP contribution in [0.1, 0.15) is 9.67 Å². The highest BCUT2D eigenvalue weighted by Crippen LogP contribution is 2.24. The topological polar surface area (TPSA) is 135 Å². The molecule has 0 radical (unpaired) electrons. The zero-order valence-corrected chi connectivity index (χ0v) is 16.5. The summed E-state index contributed by atoms with van der Waals surface area (Å²) < 4.78 is 30.8. The summed E-state index contributed by atoms with van der Waals surface area (Å²) in [6, 6.07) is 7.94. The number of nitrogens with zero attached hydrogens (tertiary/aromatic N) is 3. The Labute approximate surface area is 165 Å². The third kappa shape index (κ3) is 4.60. The lowest BCUT2D eigenvalue weighted by molar-refractivity contribution is 0.0606. The maximum absolute atomic E-state index is 11.9. The Kier molecular flexibility index (Phi) is 5.82. The Bertz CT molecular complexity index is 1100. The molecule has 0 aliphatic rings. The Morgan fingerprint density at radius 1 is 1.11 bits per heavy atom. The van der Waals surface area contributed by atoms with E-state index in [1.165, 1.54) is 38.8 Å². The number of hydrogen-bond donors (Lipinski definition) is 3. The summed E-state index contributed by atoms with van der Waals surface area (Å²) in [5.74, 6) is 0.426. The smallest absolute Gasteiger partial charge is 0.349 e. The molecule has 0 saturated heterocycles. The summed E-state index contributed by atoms with van der Waals surface area (Å²) in [6.07, 6.45) is 2.75. The van der Waals surface area contributed by atoms with Crippen molar-refractivity contribution < 1.29 is 17.9 Å². The Hall–Kier alpha value is -3.09. The second-order valence-corrected chi connectivity index (χ2v) is 8.21. The van der Waals surface area contributed by atoms with Crippen molar-refractivity contribution in [1.82, 2.24) is 19.7 Å². The van der Waals surface area contributed by atoms with Gasteiger partial charge in [0.2, 0.25) is 10.0 Å². The van der Waals surface area contributed by atoms with E-state index in [-0.39, 0.29) is 4.90 Å². The SMILES string of the molecule is CNS(=O)(=O)c1cccc(Nc2cc(Nc3ncc(C(=O)OC)s3)ncn2)c1. The average molecular weight is 420 g/mol. The molecule has 0 fully saturated rings. The molecular formula is C16H16N6O4S2. The first-order valence-corrected chi connectivity index (χ1v) is 10.1. The molecule has 0 saturated carbocycles. The van der Waals surface area contributed by atoms with Crippen LogP contribution >= 0.6 is 11.3 Å². The number of carbonyl (C=O) groups excluding carboxylic acids is 1. The summed E-state index contributed by atoms with van der Waals surface area (Å²) in [4.78, 5) is 24.3. The van der Waals surface area contributed by atoms with Gasteiger partial charge in [0.1, 0.15) is 22.8 Å². The highest BCUT2D eigenvalue weighted by molar-refractivity contribution is 7.89. The summed E-state index contributed by atoms with van der Waals surface area (Å²) >= 11 is 1.13. The fourth-order valence-electron chi connectivity index (χ4n) is 2.14. The van der Waals surface area contributed by atoms with Crippen LogP contribution in [-0.2, 0) is 14.8 Å². The van der Waals surface area contributed by atoms with Gasteiger partial charge in [-0.15, -0.1) is 0 Å². The second kappa shape index (κ2) is 8.29. The van der Waals surface area contributed by atoms with Crippen LogP contribution < -0.4 is 15.4 Å². The van der Waals surface area contributed by atoms with E-state index >= 15 is 0 Å². The Balaban J connectivity index is 1.76. The first kappa shape index (κ1) is 19.7. The van der Waals surface area contributed by atoms with Crippen molar-refractivity contribution >= 4 is 49.8 Å². The normalized spacial score (nSPS) is 11.1. The summed E-state index contributed by atoms with van der Waals surface area (Å²) in [7, 11) is -0.899. The Morgan fingerprint density at radius 2 is 1.86 bits per heavy atom. The third-order valence-electron chi connectivity index (χ3n) is 3.48. The molecule has 10 nitrogen and oxygen atoms in total. The highest BCUT2D eigenvalue weighted by Gasteiger charge is 2.13. The van der Waals surface area contributed by atoms with Crippen LogP contribution in [0.3, 0.4) is 0 Å². The molecule has 3 aromatic rings. The lowest BCUT2D eigenvalue weighted by Gasteiger charge is -2.09. The number of sulfonamides is 1. The van der Waals surface area contributed by atoms with Crippen LogP contribution in [0, 0.1) is 0 Å². The molecule has 0 spiro atoms. The zero-order chi connectivity index (χ0) is 20.1. The van der Waals surface area contributed by atoms with Crippen molar-refractivity contribution in [1.29, 1.82) is 0 Å². The number of ether oxygens (including phenoxy) is 1. The van der Waals surface area contributed by atoms with Crippen LogP contribution in [0.15, 0.2) is 47.8 Å². The first-order chi connectivity index (χ1) is 13.4. The van der Waals surface area contributed by atoms with Gasteiger partial charge in [-0.3, -0.25) is 0 Å². The standard InChI is InChI=1S/C16H16N6O4S2/c1-17-28(24,25)11-5-3-4-10(6-11)21-13-7-14(20-9-19-13)22-16-18-8-12(27-16)15(23)26-2/h3-9,17H,1-2H3,(H2,18,19,20,21,22). The number of nitrogens with one attached hydrogen (secondary N) is 3. The van der Waals surface area contributed by atoms with E-state index in [1.807, 2.05) is 0 Å². The van der Waals surface area contributed by atoms with Crippen LogP contribution in [0.5, 0.6) is 0 Å². The average Bonchev–Trinajstić information content (AvgIpc) is 3.16. The molecule has 0 bridgehead atoms. The molecule has 1 aromatic carbocycles. The molecule has 3 rings (SSSR count). The quantitative estimate of drug-likeness (QED) is 0.491. The minimum absolute atomic E-state index is 0.130. The number of carbonyl (C=O) groups is 1. The third-order valence-corrected chi connectivity index (χ3v) is 5.78. The van der Waals surface area contributed by atoms with Crippen molar-refractivity contribution in [2.24, 2.45) is 0 Å². The number of benzene rings is 1. The van der Waals surface area contributed by atoms with Gasteiger partial charge in [0, 0.05) is 11.8 Å². The van der Waals surface area contributed by atoms with Gasteiger partial charge in [-0.25, -0.2) is 32.9 Å². The molecule has 0 amide bonds. The minimum atomic E-state index is -3.55. The van der Waals surface area contributed by atoms with E-state index in [0.717, 1.165) is 11.3 Å². The first-order valence-electron chi connectivity index (χ1n) is 7.85. The molecule has 146 valence electrons. The fourth-order valence-corrected chi connectivity index (χ4v) is 3.65. The number of aromatic nitrogens is 3. The largest absolute Gasteiger partial charge is 0.465 e. The van der Waals surface area contributed by atoms with Crippen LogP contribution in [0.2, 0.25) is 0 Å². The van der Waals surface area contributed by atoms with Gasteiger partial charge in [-0.2, -0.15) is 0 Å². The molecule has 0 unspecified atom stereocenters. The summed E-state index contributed by atoms with van der Waals surface area (Å²) in [6.45, 7) is 0. The van der Waals surface area contributed by atoms with Crippen LogP contribution in [0.4, 0.5) is 22.5 Å². The van der Waals surface area contributed by atoms with Crippen LogP contribution in [-0.4, -0.2) is 43.5 Å². The monoisotopic (exact) mass is 420 g/mol. The summed E-state index contributed by atoms with van der Waals surface area (Å²) in [5, 5.41) is 6.47. The lowest BCUT2D eigenvalue weighted by atomic mass is 10.3. The van der Waals surface area contributed by atoms with Crippen molar-refractivity contribution in [3.05, 3.63) is 47.7 Å². The number of anilines is 4. The molecule has 12 heteroatoms. The number of hydrogen-bond acceptors (Lipinski definition) is 10. The maximum Gasteiger partial charge on any atom is 0.349 e. The van der Waals surface area contributed by atoms with E-state index in [4.69, 9.17) is 0 Å². The Morgan fingerprint density at radius 3 is 2.57 bits per heavy atom. The van der Waals surface area contributed by atoms with Crippen LogP contribution in [0.25, 0.3) is 0 Å². The number of thiazole rings is 1. The van der Waals surface area contributed by atoms with E-state index in [1.54, 1.807) is 18.2 Å². The predicted octanol–water partition coefficient (Wildman–Crippen LogP) is 2.11. The molecule has 0 aliphatic carbocycles. The molecule has 0 atom stereocenters. The zero-order valence-electron chi connectivity index (χ0n) is 14.8. The lowest BCUT2D eigenvalue weighted by Crippen LogP contribution is -2.18. The van der Waals surface area contributed by atoms with Gasteiger partial charge < -0.3 is 15.4 Å². The van der Waals surface area contributed by atoms with Gasteiger partial charge in [0.05, 0.1) is 18.2 Å². The minimum Gasteiger partial charge on any atom is -0.465 e. The van der Waals surface area contributed by atoms with Crippen molar-refractivity contribution in [2.75, 3.05) is 24.8 Å². The number of rotatable bonds is 7. The van der Waals surface area contributed by atoms with Crippen molar-refractivity contribution in [3.63, 3.8) is 0 Å². The maximum atomic E-state index is 11.9. The van der Waals surface area contributed by atoms with Crippen molar-refractivity contribution in [3.8, 4) is 0 Å². The second-order valence-electron chi connectivity index (χ2n) is 5.30. The van der Waals surface area contributed by atoms with Gasteiger partial charge in [-0.05, 0) is 25.2 Å². The molecule has 2 heterocycles. The van der Waals surface area contributed by atoms with E-state index in [0.29, 0.717) is 27.3 Å². The number of methoxy groups -OCH3 is 1. The molecule has 3 N–H and O–H groups in total. The fraction of sp³-hybridized carbons (Fsp3) is 0.125. The number of esters is 1. The van der Waals surface area contributed by atoms with Gasteiger partial charge in [-0.1, -0.05) is 17.4 Å². The highest BCUT2D eigenvalue weighted by atomic mass is 32.2. The molecule has 2 aromatic heterocycles. The molecule has 28 heavy (non-hydrogen) atoms. The summed E-state index contributed by atoms with van der Waals surface area (Å²) in [5.41, 5.74) is 0.545. The van der Waals surface area contributed by atoms with E-state index in [9.17, 15) is 13.2 Å².